The van der Waals surface area contributed by atoms with Gasteiger partial charge in [0.15, 0.2) is 0 Å². The van der Waals surface area contributed by atoms with Crippen LogP contribution in [0, 0.1) is 13.8 Å². The van der Waals surface area contributed by atoms with Crippen molar-refractivity contribution in [1.82, 2.24) is 0 Å². The third-order valence-electron chi connectivity index (χ3n) is 4.14. The monoisotopic (exact) mass is 243 g/mol. The summed E-state index contributed by atoms with van der Waals surface area (Å²) in [5.74, 6) is 0. The Kier molecular flexibility index (Phi) is 3.89. The third kappa shape index (κ3) is 2.11. The lowest BCUT2D eigenvalue weighted by atomic mass is 9.87. The van der Waals surface area contributed by atoms with Gasteiger partial charge in [-0.25, -0.2) is 0 Å². The average molecular weight is 243 g/mol. The Bertz CT molecular complexity index is 495. The SMILES string of the molecule is CCCc1c(C)c(C)c(CCC)c2c1CC(C)=N2. The Balaban J connectivity index is 2.64. The van der Waals surface area contributed by atoms with E-state index in [1.54, 1.807) is 5.56 Å². The lowest BCUT2D eigenvalue weighted by molar-refractivity contribution is 0.877. The van der Waals surface area contributed by atoms with E-state index in [9.17, 15) is 0 Å². The smallest absolute Gasteiger partial charge is 0.0702 e. The highest BCUT2D eigenvalue weighted by Crippen LogP contribution is 2.39. The Morgan fingerprint density at radius 1 is 0.889 bits per heavy atom. The van der Waals surface area contributed by atoms with Crippen LogP contribution in [-0.2, 0) is 19.3 Å². The van der Waals surface area contributed by atoms with Crippen LogP contribution in [0.4, 0.5) is 5.69 Å². The van der Waals surface area contributed by atoms with Crippen LogP contribution in [0.1, 0.15) is 61.4 Å². The van der Waals surface area contributed by atoms with Gasteiger partial charge < -0.3 is 0 Å². The molecule has 0 aromatic heterocycles. The average Bonchev–Trinajstić information content (AvgIpc) is 2.72. The summed E-state index contributed by atoms with van der Waals surface area (Å²) in [4.78, 5) is 4.83. The number of benzene rings is 1. The maximum absolute atomic E-state index is 4.83. The second-order valence-corrected chi connectivity index (χ2v) is 5.56. The highest BCUT2D eigenvalue weighted by atomic mass is 14.8. The summed E-state index contributed by atoms with van der Waals surface area (Å²) in [7, 11) is 0. The number of fused-ring (bicyclic) bond motifs is 1. The molecule has 1 aromatic carbocycles. The number of aliphatic imine (C=N–C) groups is 1. The van der Waals surface area contributed by atoms with Crippen LogP contribution in [0.2, 0.25) is 0 Å². The lowest BCUT2D eigenvalue weighted by Gasteiger charge is -2.18. The largest absolute Gasteiger partial charge is 0.257 e. The molecular weight excluding hydrogens is 218 g/mol. The van der Waals surface area contributed by atoms with Gasteiger partial charge in [0.2, 0.25) is 0 Å². The second-order valence-electron chi connectivity index (χ2n) is 5.56. The zero-order valence-corrected chi connectivity index (χ0v) is 12.5. The quantitative estimate of drug-likeness (QED) is 0.716. The summed E-state index contributed by atoms with van der Waals surface area (Å²) < 4.78 is 0. The summed E-state index contributed by atoms with van der Waals surface area (Å²) in [6, 6.07) is 0. The molecule has 0 amide bonds. The molecule has 1 aromatic rings. The molecule has 98 valence electrons. The van der Waals surface area contributed by atoms with Crippen LogP contribution in [-0.4, -0.2) is 5.71 Å². The van der Waals surface area contributed by atoms with Gasteiger partial charge in [0, 0.05) is 12.1 Å². The maximum Gasteiger partial charge on any atom is 0.0702 e. The van der Waals surface area contributed by atoms with Crippen molar-refractivity contribution < 1.29 is 0 Å². The first-order valence-corrected chi connectivity index (χ1v) is 7.28. The van der Waals surface area contributed by atoms with Gasteiger partial charge in [-0.2, -0.15) is 0 Å². The van der Waals surface area contributed by atoms with Gasteiger partial charge in [-0.3, -0.25) is 4.99 Å². The molecule has 0 saturated carbocycles. The van der Waals surface area contributed by atoms with Gasteiger partial charge in [-0.15, -0.1) is 0 Å². The van der Waals surface area contributed by atoms with E-state index in [0.717, 1.165) is 12.8 Å². The fraction of sp³-hybridized carbons (Fsp3) is 0.588. The van der Waals surface area contributed by atoms with Gasteiger partial charge in [-0.05, 0) is 61.4 Å². The van der Waals surface area contributed by atoms with Crippen molar-refractivity contribution in [3.63, 3.8) is 0 Å². The van der Waals surface area contributed by atoms with E-state index in [1.165, 1.54) is 52.9 Å². The summed E-state index contributed by atoms with van der Waals surface area (Å²) in [5, 5.41) is 0. The summed E-state index contributed by atoms with van der Waals surface area (Å²) >= 11 is 0. The second kappa shape index (κ2) is 5.26. The van der Waals surface area contributed by atoms with E-state index in [4.69, 9.17) is 4.99 Å². The minimum atomic E-state index is 1.07. The number of nitrogens with zero attached hydrogens (tertiary/aromatic N) is 1. The normalized spacial score (nSPS) is 13.7. The predicted molar refractivity (Wildman–Crippen MR) is 80.4 cm³/mol. The van der Waals surface area contributed by atoms with E-state index in [0.29, 0.717) is 0 Å². The highest BCUT2D eigenvalue weighted by Gasteiger charge is 2.22. The van der Waals surface area contributed by atoms with Crippen molar-refractivity contribution in [1.29, 1.82) is 0 Å². The van der Waals surface area contributed by atoms with E-state index in [-0.39, 0.29) is 0 Å². The van der Waals surface area contributed by atoms with Crippen molar-refractivity contribution >= 4 is 11.4 Å². The van der Waals surface area contributed by atoms with Crippen LogP contribution >= 0.6 is 0 Å². The van der Waals surface area contributed by atoms with Gasteiger partial charge in [0.1, 0.15) is 0 Å². The topological polar surface area (TPSA) is 12.4 Å². The zero-order chi connectivity index (χ0) is 13.3. The molecule has 0 aliphatic carbocycles. The van der Waals surface area contributed by atoms with E-state index in [2.05, 4.69) is 34.6 Å². The van der Waals surface area contributed by atoms with Crippen molar-refractivity contribution in [3.8, 4) is 0 Å². The molecule has 0 unspecified atom stereocenters. The maximum atomic E-state index is 4.83. The molecule has 1 aliphatic heterocycles. The Labute approximate surface area is 111 Å². The molecular formula is C17H25N. The predicted octanol–water partition coefficient (Wildman–Crippen LogP) is 4.86. The van der Waals surface area contributed by atoms with Crippen molar-refractivity contribution in [2.75, 3.05) is 0 Å². The first-order valence-electron chi connectivity index (χ1n) is 7.28. The zero-order valence-electron chi connectivity index (χ0n) is 12.5. The fourth-order valence-corrected chi connectivity index (χ4v) is 3.14. The van der Waals surface area contributed by atoms with Crippen molar-refractivity contribution in [3.05, 3.63) is 27.8 Å². The van der Waals surface area contributed by atoms with Crippen LogP contribution in [0.15, 0.2) is 4.99 Å². The van der Waals surface area contributed by atoms with Gasteiger partial charge in [0.25, 0.3) is 0 Å². The first-order chi connectivity index (χ1) is 8.60. The number of hydrogen-bond donors (Lipinski definition) is 0. The molecule has 0 radical (unpaired) electrons. The number of hydrogen-bond acceptors (Lipinski definition) is 1. The lowest BCUT2D eigenvalue weighted by Crippen LogP contribution is -2.04. The summed E-state index contributed by atoms with van der Waals surface area (Å²) in [6.07, 6.45) is 5.86. The molecule has 2 rings (SSSR count). The van der Waals surface area contributed by atoms with Crippen molar-refractivity contribution in [2.45, 2.75) is 66.7 Å². The molecule has 0 N–H and O–H groups in total. The molecule has 18 heavy (non-hydrogen) atoms. The van der Waals surface area contributed by atoms with Crippen LogP contribution < -0.4 is 0 Å². The highest BCUT2D eigenvalue weighted by molar-refractivity contribution is 5.94. The molecule has 0 fully saturated rings. The van der Waals surface area contributed by atoms with E-state index < -0.39 is 0 Å². The molecule has 0 atom stereocenters. The van der Waals surface area contributed by atoms with E-state index >= 15 is 0 Å². The van der Waals surface area contributed by atoms with Crippen LogP contribution in [0.25, 0.3) is 0 Å². The summed E-state index contributed by atoms with van der Waals surface area (Å²) in [6.45, 7) is 11.3. The van der Waals surface area contributed by atoms with Gasteiger partial charge in [-0.1, -0.05) is 26.7 Å². The van der Waals surface area contributed by atoms with Crippen LogP contribution in [0.5, 0.6) is 0 Å². The molecule has 0 bridgehead atoms. The summed E-state index contributed by atoms with van der Waals surface area (Å²) in [5.41, 5.74) is 10.2. The molecule has 1 heterocycles. The van der Waals surface area contributed by atoms with E-state index in [1.807, 2.05) is 0 Å². The van der Waals surface area contributed by atoms with Gasteiger partial charge >= 0.3 is 0 Å². The fourth-order valence-electron chi connectivity index (χ4n) is 3.14. The van der Waals surface area contributed by atoms with Crippen molar-refractivity contribution in [2.24, 2.45) is 4.99 Å². The minimum Gasteiger partial charge on any atom is -0.257 e. The third-order valence-corrected chi connectivity index (χ3v) is 4.14. The number of rotatable bonds is 4. The molecule has 1 nitrogen and oxygen atoms in total. The Hall–Kier alpha value is -1.11. The molecule has 1 heteroatoms. The molecule has 0 saturated heterocycles. The van der Waals surface area contributed by atoms with Gasteiger partial charge in [0.05, 0.1) is 5.69 Å². The standard InChI is InChI=1S/C17H25N/c1-6-8-14-12(4)13(5)15(9-7-2)17-16(14)10-11(3)18-17/h6-10H2,1-5H3. The van der Waals surface area contributed by atoms with Crippen LogP contribution in [0.3, 0.4) is 0 Å². The Morgan fingerprint density at radius 3 is 2.06 bits per heavy atom. The molecule has 0 spiro atoms. The Morgan fingerprint density at radius 2 is 1.44 bits per heavy atom. The first kappa shape index (κ1) is 13.3. The molecule has 1 aliphatic rings. The minimum absolute atomic E-state index is 1.07.